The molecule has 0 saturated heterocycles. The zero-order valence-corrected chi connectivity index (χ0v) is 7.66. The van der Waals surface area contributed by atoms with E-state index in [9.17, 15) is 4.79 Å². The molecule has 1 aromatic carbocycles. The average molecular weight is 194 g/mol. The number of carbonyl (C=O) groups is 1. The molecular formula is C9H10N2O3. The number of hydrogen-bond donors (Lipinski definition) is 2. The monoisotopic (exact) mass is 194 g/mol. The number of hydroxylamine groups is 1. The second-order valence-electron chi connectivity index (χ2n) is 2.86. The van der Waals surface area contributed by atoms with Crippen LogP contribution < -0.4 is 15.6 Å². The standard InChI is InChI=1S/C9H10N2O3/c1-13-9(12)11-7-2-3-8-6(4-7)5-10-14-8/h2-4,10H,5H2,1H3,(H,11,12). The molecule has 0 saturated carbocycles. The summed E-state index contributed by atoms with van der Waals surface area (Å²) in [5, 5.41) is 2.58. The molecule has 0 radical (unpaired) electrons. The summed E-state index contributed by atoms with van der Waals surface area (Å²) in [6.45, 7) is 0.645. The van der Waals surface area contributed by atoms with Gasteiger partial charge >= 0.3 is 6.09 Å². The number of amides is 1. The molecule has 14 heavy (non-hydrogen) atoms. The van der Waals surface area contributed by atoms with E-state index >= 15 is 0 Å². The summed E-state index contributed by atoms with van der Waals surface area (Å²) < 4.78 is 4.48. The number of rotatable bonds is 1. The van der Waals surface area contributed by atoms with Crippen LogP contribution >= 0.6 is 0 Å². The number of carbonyl (C=O) groups excluding carboxylic acids is 1. The summed E-state index contributed by atoms with van der Waals surface area (Å²) in [6, 6.07) is 5.38. The summed E-state index contributed by atoms with van der Waals surface area (Å²) >= 11 is 0. The molecular weight excluding hydrogens is 184 g/mol. The van der Waals surface area contributed by atoms with Gasteiger partial charge in [0.1, 0.15) is 0 Å². The molecule has 2 rings (SSSR count). The van der Waals surface area contributed by atoms with Crippen molar-refractivity contribution >= 4 is 11.8 Å². The number of nitrogens with one attached hydrogen (secondary N) is 2. The molecule has 0 unspecified atom stereocenters. The van der Waals surface area contributed by atoms with Gasteiger partial charge in [0.05, 0.1) is 13.7 Å². The van der Waals surface area contributed by atoms with Crippen molar-refractivity contribution in [2.75, 3.05) is 12.4 Å². The minimum absolute atomic E-state index is 0.475. The van der Waals surface area contributed by atoms with Crippen molar-refractivity contribution in [1.29, 1.82) is 0 Å². The zero-order valence-electron chi connectivity index (χ0n) is 7.66. The number of fused-ring (bicyclic) bond motifs is 1. The maximum atomic E-state index is 10.9. The zero-order chi connectivity index (χ0) is 9.97. The van der Waals surface area contributed by atoms with Gasteiger partial charge in [0, 0.05) is 11.3 Å². The van der Waals surface area contributed by atoms with E-state index in [1.807, 2.05) is 6.07 Å². The summed E-state index contributed by atoms with van der Waals surface area (Å²) in [7, 11) is 1.33. The van der Waals surface area contributed by atoms with Crippen molar-refractivity contribution < 1.29 is 14.4 Å². The van der Waals surface area contributed by atoms with Crippen LogP contribution in [0.1, 0.15) is 5.56 Å². The average Bonchev–Trinajstić information content (AvgIpc) is 2.64. The van der Waals surface area contributed by atoms with Crippen LogP contribution in [0, 0.1) is 0 Å². The second-order valence-corrected chi connectivity index (χ2v) is 2.86. The first-order chi connectivity index (χ1) is 6.79. The molecule has 1 aliphatic rings. The Bertz CT molecular complexity index is 365. The lowest BCUT2D eigenvalue weighted by atomic mass is 10.2. The van der Waals surface area contributed by atoms with Crippen LogP contribution in [0.15, 0.2) is 18.2 Å². The van der Waals surface area contributed by atoms with Gasteiger partial charge in [-0.3, -0.25) is 5.32 Å². The Balaban J connectivity index is 2.16. The lowest BCUT2D eigenvalue weighted by Gasteiger charge is -2.04. The lowest BCUT2D eigenvalue weighted by Crippen LogP contribution is -2.10. The molecule has 5 heteroatoms. The Hall–Kier alpha value is -1.75. The summed E-state index contributed by atoms with van der Waals surface area (Å²) in [4.78, 5) is 16.0. The number of methoxy groups -OCH3 is 1. The molecule has 0 atom stereocenters. The second kappa shape index (κ2) is 3.55. The van der Waals surface area contributed by atoms with Gasteiger partial charge in [-0.25, -0.2) is 4.79 Å². The van der Waals surface area contributed by atoms with E-state index in [2.05, 4.69) is 15.5 Å². The van der Waals surface area contributed by atoms with Crippen LogP contribution in [0.25, 0.3) is 0 Å². The quantitative estimate of drug-likeness (QED) is 0.706. The van der Waals surface area contributed by atoms with Gasteiger partial charge in [-0.15, -0.1) is 0 Å². The van der Waals surface area contributed by atoms with Crippen molar-refractivity contribution in [2.45, 2.75) is 6.54 Å². The largest absolute Gasteiger partial charge is 0.453 e. The number of hydrogen-bond acceptors (Lipinski definition) is 4. The predicted octanol–water partition coefficient (Wildman–Crippen LogP) is 1.26. The van der Waals surface area contributed by atoms with E-state index in [0.29, 0.717) is 12.2 Å². The Kier molecular flexibility index (Phi) is 2.24. The van der Waals surface area contributed by atoms with E-state index in [-0.39, 0.29) is 0 Å². The molecule has 0 bridgehead atoms. The molecule has 5 nitrogen and oxygen atoms in total. The van der Waals surface area contributed by atoms with E-state index in [1.54, 1.807) is 12.1 Å². The third-order valence-electron chi connectivity index (χ3n) is 1.94. The first-order valence-electron chi connectivity index (χ1n) is 4.17. The third-order valence-corrected chi connectivity index (χ3v) is 1.94. The van der Waals surface area contributed by atoms with Crippen molar-refractivity contribution in [3.8, 4) is 5.75 Å². The Labute approximate surface area is 81.0 Å². The van der Waals surface area contributed by atoms with Crippen molar-refractivity contribution in [1.82, 2.24) is 5.48 Å². The van der Waals surface area contributed by atoms with E-state index in [0.717, 1.165) is 11.3 Å². The smallest absolute Gasteiger partial charge is 0.411 e. The lowest BCUT2D eigenvalue weighted by molar-refractivity contribution is 0.187. The van der Waals surface area contributed by atoms with Crippen molar-refractivity contribution in [3.63, 3.8) is 0 Å². The summed E-state index contributed by atoms with van der Waals surface area (Å²) in [5.74, 6) is 0.792. The third kappa shape index (κ3) is 1.62. The fourth-order valence-electron chi connectivity index (χ4n) is 1.26. The van der Waals surface area contributed by atoms with Crippen LogP contribution in [-0.4, -0.2) is 13.2 Å². The molecule has 0 aliphatic carbocycles. The molecule has 1 aromatic rings. The topological polar surface area (TPSA) is 59.6 Å². The Morgan fingerprint density at radius 3 is 3.29 bits per heavy atom. The minimum atomic E-state index is -0.475. The van der Waals surface area contributed by atoms with E-state index in [4.69, 9.17) is 4.84 Å². The van der Waals surface area contributed by atoms with Gasteiger partial charge < -0.3 is 9.57 Å². The molecule has 1 heterocycles. The fraction of sp³-hybridized carbons (Fsp3) is 0.222. The highest BCUT2D eigenvalue weighted by atomic mass is 16.7. The summed E-state index contributed by atoms with van der Waals surface area (Å²) in [6.07, 6.45) is -0.475. The minimum Gasteiger partial charge on any atom is -0.453 e. The maximum absolute atomic E-state index is 10.9. The van der Waals surface area contributed by atoms with Crippen LogP contribution in [-0.2, 0) is 11.3 Å². The Morgan fingerprint density at radius 1 is 1.64 bits per heavy atom. The molecule has 0 fully saturated rings. The van der Waals surface area contributed by atoms with Gasteiger partial charge in [-0.1, -0.05) is 0 Å². The van der Waals surface area contributed by atoms with Gasteiger partial charge in [0.2, 0.25) is 0 Å². The Morgan fingerprint density at radius 2 is 2.50 bits per heavy atom. The van der Waals surface area contributed by atoms with Crippen molar-refractivity contribution in [2.24, 2.45) is 0 Å². The highest BCUT2D eigenvalue weighted by Crippen LogP contribution is 2.25. The normalized spacial score (nSPS) is 12.9. The fourth-order valence-corrected chi connectivity index (χ4v) is 1.26. The molecule has 0 spiro atoms. The number of anilines is 1. The van der Waals surface area contributed by atoms with Gasteiger partial charge in [-0.05, 0) is 18.2 Å². The van der Waals surface area contributed by atoms with Crippen LogP contribution in [0.4, 0.5) is 10.5 Å². The molecule has 0 aromatic heterocycles. The highest BCUT2D eigenvalue weighted by molar-refractivity contribution is 5.84. The van der Waals surface area contributed by atoms with E-state index in [1.165, 1.54) is 7.11 Å². The first kappa shape index (κ1) is 8.83. The van der Waals surface area contributed by atoms with E-state index < -0.39 is 6.09 Å². The van der Waals surface area contributed by atoms with Crippen LogP contribution in [0.3, 0.4) is 0 Å². The molecule has 74 valence electrons. The van der Waals surface area contributed by atoms with Gasteiger partial charge in [0.25, 0.3) is 0 Å². The van der Waals surface area contributed by atoms with Crippen molar-refractivity contribution in [3.05, 3.63) is 23.8 Å². The SMILES string of the molecule is COC(=O)Nc1ccc2c(c1)CNO2. The molecule has 2 N–H and O–H groups in total. The predicted molar refractivity (Wildman–Crippen MR) is 49.9 cm³/mol. The van der Waals surface area contributed by atoms with Gasteiger partial charge in [-0.2, -0.15) is 5.48 Å². The maximum Gasteiger partial charge on any atom is 0.411 e. The van der Waals surface area contributed by atoms with Crippen LogP contribution in [0.2, 0.25) is 0 Å². The molecule has 1 amide bonds. The number of ether oxygens (including phenoxy) is 1. The van der Waals surface area contributed by atoms with Crippen LogP contribution in [0.5, 0.6) is 5.75 Å². The van der Waals surface area contributed by atoms with Gasteiger partial charge in [0.15, 0.2) is 5.75 Å². The highest BCUT2D eigenvalue weighted by Gasteiger charge is 2.12. The number of benzene rings is 1. The first-order valence-corrected chi connectivity index (χ1v) is 4.17. The summed E-state index contributed by atoms with van der Waals surface area (Å²) in [5.41, 5.74) is 4.45. The molecule has 1 aliphatic heterocycles.